The molecule has 2 aromatic rings. The summed E-state index contributed by atoms with van der Waals surface area (Å²) in [6, 6.07) is 7.79. The van der Waals surface area contributed by atoms with E-state index in [0.717, 1.165) is 37.8 Å². The number of amides is 2. The molecule has 2 aliphatic carbocycles. The summed E-state index contributed by atoms with van der Waals surface area (Å²) in [5.41, 5.74) is 3.94. The van der Waals surface area contributed by atoms with Crippen LogP contribution in [0, 0.1) is 17.8 Å². The van der Waals surface area contributed by atoms with E-state index in [2.05, 4.69) is 32.7 Å². The molecule has 11 nitrogen and oxygen atoms in total. The van der Waals surface area contributed by atoms with Gasteiger partial charge in [-0.05, 0) is 106 Å². The summed E-state index contributed by atoms with van der Waals surface area (Å²) in [5, 5.41) is 21.0. The molecule has 1 aromatic heterocycles. The molecule has 3 N–H and O–H groups in total. The normalized spacial score (nSPS) is 34.3. The highest BCUT2D eigenvalue weighted by molar-refractivity contribution is 7.93. The molecule has 1 fully saturated rings. The van der Waals surface area contributed by atoms with Crippen LogP contribution in [0.2, 0.25) is 5.02 Å². The average Bonchev–Trinajstić information content (AvgIpc) is 3.53. The first-order valence-corrected chi connectivity index (χ1v) is 21.4. The van der Waals surface area contributed by atoms with Gasteiger partial charge < -0.3 is 29.2 Å². The minimum Gasteiger partial charge on any atom is -0.495 e. The fraction of sp³-hybridized carbons (Fsp3) is 0.524. The number of aliphatic hydroxyl groups excluding tert-OH is 2. The molecule has 0 bridgehead atoms. The van der Waals surface area contributed by atoms with E-state index in [1.807, 2.05) is 36.6 Å². The van der Waals surface area contributed by atoms with Crippen molar-refractivity contribution < 1.29 is 33.5 Å². The zero-order valence-electron chi connectivity index (χ0n) is 31.9. The Balaban J connectivity index is 1.28. The molecule has 0 radical (unpaired) electrons. The Labute approximate surface area is 329 Å². The third-order valence-electron chi connectivity index (χ3n) is 12.6. The summed E-state index contributed by atoms with van der Waals surface area (Å²) < 4.78 is 36.1. The van der Waals surface area contributed by atoms with E-state index in [1.54, 1.807) is 25.3 Å². The predicted molar refractivity (Wildman–Crippen MR) is 212 cm³/mol. The van der Waals surface area contributed by atoms with Crippen LogP contribution in [0.1, 0.15) is 80.1 Å². The van der Waals surface area contributed by atoms with Crippen molar-refractivity contribution in [2.45, 2.75) is 95.3 Å². The largest absolute Gasteiger partial charge is 0.495 e. The van der Waals surface area contributed by atoms with Crippen molar-refractivity contribution in [1.29, 1.82) is 0 Å². The fourth-order valence-electron chi connectivity index (χ4n) is 8.86. The van der Waals surface area contributed by atoms with E-state index in [1.165, 1.54) is 17.2 Å². The molecule has 296 valence electrons. The third-order valence-corrected chi connectivity index (χ3v) is 15.2. The summed E-state index contributed by atoms with van der Waals surface area (Å²) in [6.45, 7) is 11.7. The summed E-state index contributed by atoms with van der Waals surface area (Å²) in [5.74, 6) is -0.758. The van der Waals surface area contributed by atoms with Crippen LogP contribution in [-0.4, -0.2) is 79.5 Å². The van der Waals surface area contributed by atoms with Gasteiger partial charge in [-0.25, -0.2) is 4.21 Å². The molecular formula is C42H53ClN4O7S. The van der Waals surface area contributed by atoms with Crippen LogP contribution < -0.4 is 4.72 Å². The van der Waals surface area contributed by atoms with E-state index >= 15 is 0 Å². The number of hydrogen-bond acceptors (Lipinski definition) is 8. The molecule has 55 heavy (non-hydrogen) atoms. The maximum atomic E-state index is 15.0. The smallest absolute Gasteiger partial charge is 0.286 e. The Morgan fingerprint density at radius 2 is 2.05 bits per heavy atom. The fourth-order valence-corrected chi connectivity index (χ4v) is 10.9. The highest BCUT2D eigenvalue weighted by Gasteiger charge is 2.44. The molecule has 5 aliphatic rings. The van der Waals surface area contributed by atoms with E-state index in [4.69, 9.17) is 21.1 Å². The van der Waals surface area contributed by atoms with E-state index < -0.39 is 39.2 Å². The van der Waals surface area contributed by atoms with Gasteiger partial charge in [0.05, 0.1) is 55.1 Å². The minimum absolute atomic E-state index is 0.0605. The number of carbonyl (C=O) groups excluding carboxylic acids is 2. The average molecular weight is 793 g/mol. The molecule has 1 spiro atoms. The first-order valence-electron chi connectivity index (χ1n) is 19.4. The van der Waals surface area contributed by atoms with Gasteiger partial charge in [0.2, 0.25) is 0 Å². The molecule has 4 heterocycles. The number of nitrogens with zero attached hydrogens (tertiary/aromatic N) is 3. The molecule has 0 saturated heterocycles. The SMILES string of the molecule is C=C/C1=C\C2=C(C)OC[C@]3(CCCc4cc(Cl)ccc43)CN2C[C@@H]2CC[C@H]2[C@@H](O)/C=C/C[C@H](C)[C@@H](C)S(=O)(NC(=O)c2cc3n(c2)C[C@H](CO)OC3)=NC1=O. The third kappa shape index (κ3) is 7.98. The zero-order valence-corrected chi connectivity index (χ0v) is 33.5. The Kier molecular flexibility index (Phi) is 11.5. The lowest BCUT2D eigenvalue weighted by Gasteiger charge is -2.45. The maximum absolute atomic E-state index is 15.0. The van der Waals surface area contributed by atoms with Crippen molar-refractivity contribution in [3.05, 3.63) is 106 Å². The van der Waals surface area contributed by atoms with Gasteiger partial charge in [0.25, 0.3) is 11.8 Å². The second-order valence-corrected chi connectivity index (χ2v) is 18.8. The lowest BCUT2D eigenvalue weighted by molar-refractivity contribution is -0.113. The van der Waals surface area contributed by atoms with Crippen LogP contribution in [-0.2, 0) is 49.2 Å². The summed E-state index contributed by atoms with van der Waals surface area (Å²) in [7, 11) is -3.73. The molecule has 13 heteroatoms. The summed E-state index contributed by atoms with van der Waals surface area (Å²) in [6.07, 6.45) is 12.7. The number of allylic oxidation sites excluding steroid dienone is 3. The molecule has 1 unspecified atom stereocenters. The van der Waals surface area contributed by atoms with Crippen LogP contribution >= 0.6 is 11.6 Å². The quantitative estimate of drug-likeness (QED) is 0.321. The van der Waals surface area contributed by atoms with Gasteiger partial charge in [0.1, 0.15) is 15.7 Å². The lowest BCUT2D eigenvalue weighted by Crippen LogP contribution is -2.48. The van der Waals surface area contributed by atoms with Crippen molar-refractivity contribution in [3.63, 3.8) is 0 Å². The lowest BCUT2D eigenvalue weighted by atomic mass is 9.68. The van der Waals surface area contributed by atoms with Crippen LogP contribution in [0.4, 0.5) is 0 Å². The van der Waals surface area contributed by atoms with Gasteiger partial charge in [0.15, 0.2) is 0 Å². The number of halogens is 1. The molecule has 2 amide bonds. The number of ether oxygens (including phenoxy) is 2. The number of nitrogens with one attached hydrogen (secondary N) is 1. The molecule has 3 aliphatic heterocycles. The van der Waals surface area contributed by atoms with Gasteiger partial charge >= 0.3 is 0 Å². The van der Waals surface area contributed by atoms with Gasteiger partial charge in [0, 0.05) is 41.0 Å². The highest BCUT2D eigenvalue weighted by atomic mass is 35.5. The minimum atomic E-state index is -3.73. The van der Waals surface area contributed by atoms with Crippen molar-refractivity contribution >= 4 is 33.3 Å². The first-order chi connectivity index (χ1) is 26.3. The van der Waals surface area contributed by atoms with Crippen LogP contribution in [0.15, 0.2) is 82.7 Å². The Bertz CT molecular complexity index is 2060. The standard InChI is InChI=1S/C42H53ClN4O7S/c1-5-29-18-38-27(3)54-25-42(15-7-9-30-16-33(43)12-14-37(30)42)24-47(38)19-31-11-13-36(31)39(49)10-6-8-26(2)28(4)55(52,44-40(29)50)45-41(51)32-17-34-23-53-35(22-48)21-46(34)20-32/h5-6,10,12,14,16-18,20,26,28,31,35-36,39,48-49H,1,7-9,11,13,15,19,21-25H2,2-4H3,(H,44,45,50,51,52)/b10-6+,29-18+/t26-,28+,31-,35+,36+,39-,42-,55?/m0/s1. The molecule has 7 rings (SSSR count). The summed E-state index contributed by atoms with van der Waals surface area (Å²) in [4.78, 5) is 30.4. The predicted octanol–water partition coefficient (Wildman–Crippen LogP) is 5.99. The Hall–Kier alpha value is -3.68. The molecule has 1 aromatic carbocycles. The first kappa shape index (κ1) is 39.6. The van der Waals surface area contributed by atoms with E-state index in [0.29, 0.717) is 49.1 Å². The summed E-state index contributed by atoms with van der Waals surface area (Å²) >= 11 is 6.45. The number of aromatic nitrogens is 1. The van der Waals surface area contributed by atoms with Crippen LogP contribution in [0.5, 0.6) is 0 Å². The van der Waals surface area contributed by atoms with Crippen molar-refractivity contribution in [1.82, 2.24) is 14.2 Å². The van der Waals surface area contributed by atoms with Crippen molar-refractivity contribution in [2.24, 2.45) is 22.1 Å². The monoisotopic (exact) mass is 792 g/mol. The number of benzene rings is 1. The number of aliphatic hydroxyl groups is 2. The Morgan fingerprint density at radius 1 is 1.24 bits per heavy atom. The second kappa shape index (κ2) is 16.1. The zero-order chi connectivity index (χ0) is 39.1. The van der Waals surface area contributed by atoms with Crippen molar-refractivity contribution in [2.75, 3.05) is 26.3 Å². The van der Waals surface area contributed by atoms with Gasteiger partial charge in [-0.3, -0.25) is 14.3 Å². The topological polar surface area (TPSA) is 143 Å². The van der Waals surface area contributed by atoms with Crippen molar-refractivity contribution in [3.8, 4) is 0 Å². The highest BCUT2D eigenvalue weighted by Crippen LogP contribution is 2.45. The number of aryl methyl sites for hydroxylation is 1. The second-order valence-electron chi connectivity index (χ2n) is 16.1. The van der Waals surface area contributed by atoms with Gasteiger partial charge in [-0.2, -0.15) is 0 Å². The molecule has 8 atom stereocenters. The molecular weight excluding hydrogens is 740 g/mol. The number of rotatable bonds is 4. The Morgan fingerprint density at radius 3 is 2.80 bits per heavy atom. The van der Waals surface area contributed by atoms with Gasteiger partial charge in [-0.1, -0.05) is 49.4 Å². The number of hydrogen-bond donors (Lipinski definition) is 3. The maximum Gasteiger partial charge on any atom is 0.286 e. The van der Waals surface area contributed by atoms with E-state index in [-0.39, 0.29) is 47.5 Å². The van der Waals surface area contributed by atoms with Crippen LogP contribution in [0.3, 0.4) is 0 Å². The van der Waals surface area contributed by atoms with Crippen LogP contribution in [0.25, 0.3) is 0 Å². The van der Waals surface area contributed by atoms with E-state index in [9.17, 15) is 24.0 Å². The van der Waals surface area contributed by atoms with Gasteiger partial charge in [-0.15, -0.1) is 4.36 Å². The number of fused-ring (bicyclic) bond motifs is 5. The molecule has 1 saturated carbocycles. The number of carbonyl (C=O) groups is 2.